The monoisotopic (exact) mass is 503 g/mol. The van der Waals surface area contributed by atoms with Gasteiger partial charge in [-0.2, -0.15) is 4.72 Å². The van der Waals surface area contributed by atoms with Gasteiger partial charge in [-0.05, 0) is 66.8 Å². The molecule has 1 atom stereocenters. The molecule has 190 valence electrons. The number of carbonyl (C=O) groups excluding carboxylic acids is 1. The molecule has 0 unspecified atom stereocenters. The van der Waals surface area contributed by atoms with Crippen LogP contribution in [0.15, 0.2) is 47.4 Å². The van der Waals surface area contributed by atoms with E-state index in [0.717, 1.165) is 49.9 Å². The van der Waals surface area contributed by atoms with E-state index in [0.29, 0.717) is 31.2 Å². The molecule has 2 N–H and O–H groups in total. The average Bonchev–Trinajstić information content (AvgIpc) is 3.26. The summed E-state index contributed by atoms with van der Waals surface area (Å²) in [7, 11) is -2.36. The zero-order valence-electron chi connectivity index (χ0n) is 20.1. The molecular weight excluding hydrogens is 469 g/mol. The number of hydrogen-bond donors (Lipinski definition) is 2. The van der Waals surface area contributed by atoms with E-state index in [1.54, 1.807) is 24.3 Å². The number of sulfonamides is 1. The van der Waals surface area contributed by atoms with Gasteiger partial charge in [-0.15, -0.1) is 0 Å². The van der Waals surface area contributed by atoms with Crippen LogP contribution in [0.5, 0.6) is 5.75 Å². The first kappa shape index (κ1) is 25.4. The molecule has 2 aromatic rings. The van der Waals surface area contributed by atoms with Crippen LogP contribution < -0.4 is 19.7 Å². The number of halogens is 1. The highest BCUT2D eigenvalue weighted by molar-refractivity contribution is 7.89. The number of benzene rings is 2. The van der Waals surface area contributed by atoms with E-state index in [1.165, 1.54) is 31.7 Å². The van der Waals surface area contributed by atoms with Crippen LogP contribution in [0.3, 0.4) is 0 Å². The third-order valence-corrected chi connectivity index (χ3v) is 8.48. The molecule has 4 rings (SSSR count). The number of methoxy groups -OCH3 is 1. The van der Waals surface area contributed by atoms with E-state index in [-0.39, 0.29) is 16.6 Å². The molecule has 1 aliphatic heterocycles. The summed E-state index contributed by atoms with van der Waals surface area (Å²) in [5, 5.41) is 2.93. The predicted molar refractivity (Wildman–Crippen MR) is 134 cm³/mol. The van der Waals surface area contributed by atoms with E-state index in [2.05, 4.69) is 14.9 Å². The number of nitrogens with zero attached hydrogens (tertiary/aromatic N) is 1. The predicted octanol–water partition coefficient (Wildman–Crippen LogP) is 3.63. The Morgan fingerprint density at radius 3 is 2.60 bits per heavy atom. The lowest BCUT2D eigenvalue weighted by atomic mass is 9.85. The number of nitrogens with one attached hydrogen (secondary N) is 2. The Morgan fingerprint density at radius 1 is 1.14 bits per heavy atom. The number of fused-ring (bicyclic) bond motifs is 1. The standard InChI is InChI=1S/C26H34FN3O4S/c1-34-22-8-10-23(11-9-22)35(32,33)29-24(17-19-5-3-2-4-6-19)26(31)28-14-16-30-15-13-20-18-21(27)7-12-25(20)30/h7-12,18-19,24,29H,2-6,13-17H2,1H3,(H,28,31)/t24-/m0/s1. The maximum atomic E-state index is 13.5. The van der Waals surface area contributed by atoms with Crippen molar-refractivity contribution in [2.75, 3.05) is 31.6 Å². The minimum atomic E-state index is -3.88. The molecule has 0 saturated heterocycles. The van der Waals surface area contributed by atoms with Crippen molar-refractivity contribution in [1.82, 2.24) is 10.0 Å². The fraction of sp³-hybridized carbons (Fsp3) is 0.500. The van der Waals surface area contributed by atoms with Crippen LogP contribution in [0.4, 0.5) is 10.1 Å². The smallest absolute Gasteiger partial charge is 0.241 e. The van der Waals surface area contributed by atoms with Gasteiger partial charge >= 0.3 is 0 Å². The van der Waals surface area contributed by atoms with Gasteiger partial charge in [0.05, 0.1) is 12.0 Å². The van der Waals surface area contributed by atoms with Gasteiger partial charge in [-0.1, -0.05) is 32.1 Å². The molecule has 1 heterocycles. The van der Waals surface area contributed by atoms with E-state index in [1.807, 2.05) is 0 Å². The minimum absolute atomic E-state index is 0.0978. The van der Waals surface area contributed by atoms with Crippen molar-refractivity contribution in [3.8, 4) is 5.75 Å². The Hall–Kier alpha value is -2.65. The molecule has 1 fully saturated rings. The summed E-state index contributed by atoms with van der Waals surface area (Å²) in [6.45, 7) is 1.72. The van der Waals surface area contributed by atoms with Crippen molar-refractivity contribution >= 4 is 21.6 Å². The molecule has 1 aliphatic carbocycles. The van der Waals surface area contributed by atoms with Crippen LogP contribution in [-0.4, -0.2) is 47.1 Å². The van der Waals surface area contributed by atoms with E-state index >= 15 is 0 Å². The lowest BCUT2D eigenvalue weighted by molar-refractivity contribution is -0.123. The van der Waals surface area contributed by atoms with Crippen LogP contribution in [0.1, 0.15) is 44.1 Å². The highest BCUT2D eigenvalue weighted by atomic mass is 32.2. The zero-order chi connectivity index (χ0) is 24.8. The van der Waals surface area contributed by atoms with Crippen molar-refractivity contribution in [3.63, 3.8) is 0 Å². The topological polar surface area (TPSA) is 87.7 Å². The van der Waals surface area contributed by atoms with E-state index in [4.69, 9.17) is 4.74 Å². The van der Waals surface area contributed by atoms with Crippen molar-refractivity contribution in [2.24, 2.45) is 5.92 Å². The van der Waals surface area contributed by atoms with Gasteiger partial charge in [-0.25, -0.2) is 12.8 Å². The second-order valence-electron chi connectivity index (χ2n) is 9.39. The maximum Gasteiger partial charge on any atom is 0.241 e. The SMILES string of the molecule is COc1ccc(S(=O)(=O)N[C@@H](CC2CCCCC2)C(=O)NCCN2CCc3cc(F)ccc32)cc1. The zero-order valence-corrected chi connectivity index (χ0v) is 21.0. The Kier molecular flexibility index (Phi) is 8.28. The number of carbonyl (C=O) groups is 1. The lowest BCUT2D eigenvalue weighted by Gasteiger charge is -2.27. The summed E-state index contributed by atoms with van der Waals surface area (Å²) in [4.78, 5) is 15.4. The Bertz CT molecular complexity index is 1120. The quantitative estimate of drug-likeness (QED) is 0.517. The van der Waals surface area contributed by atoms with Crippen molar-refractivity contribution in [2.45, 2.75) is 55.9 Å². The molecule has 2 aliphatic rings. The van der Waals surface area contributed by atoms with Gasteiger partial charge in [0.2, 0.25) is 15.9 Å². The number of ether oxygens (including phenoxy) is 1. The van der Waals surface area contributed by atoms with Crippen molar-refractivity contribution in [1.29, 1.82) is 0 Å². The van der Waals surface area contributed by atoms with E-state index < -0.39 is 16.1 Å². The number of hydrogen-bond acceptors (Lipinski definition) is 5. The third-order valence-electron chi connectivity index (χ3n) is 6.99. The molecule has 1 amide bonds. The van der Waals surface area contributed by atoms with Gasteiger partial charge in [0.25, 0.3) is 0 Å². The first-order valence-corrected chi connectivity index (χ1v) is 13.8. The molecule has 35 heavy (non-hydrogen) atoms. The molecule has 9 heteroatoms. The summed E-state index contributed by atoms with van der Waals surface area (Å²) in [5.74, 6) is 0.324. The molecule has 0 radical (unpaired) electrons. The van der Waals surface area contributed by atoms with Crippen LogP contribution in [0.25, 0.3) is 0 Å². The molecule has 7 nitrogen and oxygen atoms in total. The van der Waals surface area contributed by atoms with Crippen LogP contribution >= 0.6 is 0 Å². The summed E-state index contributed by atoms with van der Waals surface area (Å²) < 4.78 is 47.4. The number of anilines is 1. The molecule has 0 bridgehead atoms. The maximum absolute atomic E-state index is 13.5. The van der Waals surface area contributed by atoms with Crippen molar-refractivity contribution < 1.29 is 22.3 Å². The second kappa shape index (κ2) is 11.4. The van der Waals surface area contributed by atoms with Crippen LogP contribution in [0, 0.1) is 11.7 Å². The van der Waals surface area contributed by atoms with Gasteiger partial charge in [0.15, 0.2) is 0 Å². The first-order chi connectivity index (χ1) is 16.9. The highest BCUT2D eigenvalue weighted by Crippen LogP contribution is 2.29. The summed E-state index contributed by atoms with van der Waals surface area (Å²) in [5.41, 5.74) is 1.96. The Morgan fingerprint density at radius 2 is 1.89 bits per heavy atom. The molecular formula is C26H34FN3O4S. The largest absolute Gasteiger partial charge is 0.497 e. The third kappa shape index (κ3) is 6.52. The number of amides is 1. The fourth-order valence-corrected chi connectivity index (χ4v) is 6.29. The average molecular weight is 504 g/mol. The molecule has 1 saturated carbocycles. The van der Waals surface area contributed by atoms with Crippen LogP contribution in [-0.2, 0) is 21.2 Å². The second-order valence-corrected chi connectivity index (χ2v) is 11.1. The minimum Gasteiger partial charge on any atom is -0.497 e. The normalized spacial score (nSPS) is 17.1. The van der Waals surface area contributed by atoms with Gasteiger partial charge in [0, 0.05) is 25.3 Å². The van der Waals surface area contributed by atoms with E-state index in [9.17, 15) is 17.6 Å². The Balaban J connectivity index is 1.40. The molecule has 0 aromatic heterocycles. The summed E-state index contributed by atoms with van der Waals surface area (Å²) >= 11 is 0. The van der Waals surface area contributed by atoms with Crippen molar-refractivity contribution in [3.05, 3.63) is 53.8 Å². The molecule has 0 spiro atoms. The Labute approximate surface area is 207 Å². The van der Waals surface area contributed by atoms with Gasteiger partial charge in [0.1, 0.15) is 17.6 Å². The molecule has 2 aromatic carbocycles. The number of rotatable bonds is 10. The van der Waals surface area contributed by atoms with Crippen LogP contribution in [0.2, 0.25) is 0 Å². The first-order valence-electron chi connectivity index (χ1n) is 12.3. The lowest BCUT2D eigenvalue weighted by Crippen LogP contribution is -2.49. The van der Waals surface area contributed by atoms with Gasteiger partial charge < -0.3 is 15.0 Å². The summed E-state index contributed by atoms with van der Waals surface area (Å²) in [6.07, 6.45) is 6.68. The van der Waals surface area contributed by atoms with Gasteiger partial charge in [-0.3, -0.25) is 4.79 Å². The summed E-state index contributed by atoms with van der Waals surface area (Å²) in [6, 6.07) is 10.1. The highest BCUT2D eigenvalue weighted by Gasteiger charge is 2.29. The fourth-order valence-electron chi connectivity index (χ4n) is 5.08.